The fourth-order valence-electron chi connectivity index (χ4n) is 3.63. The van der Waals surface area contributed by atoms with E-state index in [1.165, 1.54) is 89.9 Å². The number of hydrogen-bond donors (Lipinski definition) is 4. The molecule has 0 fully saturated rings. The summed E-state index contributed by atoms with van der Waals surface area (Å²) in [4.78, 5) is 28.8. The Labute approximate surface area is 202 Å². The van der Waals surface area contributed by atoms with Gasteiger partial charge in [0.05, 0.1) is 12.7 Å². The van der Waals surface area contributed by atoms with Crippen molar-refractivity contribution in [3.63, 3.8) is 0 Å². The third-order valence-corrected chi connectivity index (χ3v) is 6.12. The third kappa shape index (κ3) is 27.4. The summed E-state index contributed by atoms with van der Waals surface area (Å²) in [5.74, 6) is -0.161. The van der Waals surface area contributed by atoms with Gasteiger partial charge in [0.1, 0.15) is 0 Å². The first-order valence-corrected chi connectivity index (χ1v) is 14.7. The van der Waals surface area contributed by atoms with Crippen molar-refractivity contribution in [3.8, 4) is 0 Å². The number of unbranched alkanes of at least 4 members (excludes halogenated alkanes) is 15. The monoisotopic (exact) mass is 491 g/mol. The summed E-state index contributed by atoms with van der Waals surface area (Å²) in [5.41, 5.74) is 0. The second-order valence-electron chi connectivity index (χ2n) is 8.99. The van der Waals surface area contributed by atoms with Crippen molar-refractivity contribution in [2.45, 2.75) is 129 Å². The zero-order valence-corrected chi connectivity index (χ0v) is 21.8. The molecular formula is C25H50NO6P. The lowest BCUT2D eigenvalue weighted by atomic mass is 10.1. The molecule has 0 heterocycles. The molecule has 0 aromatic rings. The van der Waals surface area contributed by atoms with Crippen LogP contribution in [-0.4, -0.2) is 40.1 Å². The predicted octanol–water partition coefficient (Wildman–Crippen LogP) is 6.17. The van der Waals surface area contributed by atoms with Crippen molar-refractivity contribution in [2.75, 3.05) is 13.2 Å². The molecule has 33 heavy (non-hydrogen) atoms. The lowest BCUT2D eigenvalue weighted by Crippen LogP contribution is -2.34. The van der Waals surface area contributed by atoms with Crippen molar-refractivity contribution in [1.29, 1.82) is 0 Å². The highest BCUT2D eigenvalue weighted by molar-refractivity contribution is 7.46. The van der Waals surface area contributed by atoms with Crippen LogP contribution in [0.1, 0.15) is 122 Å². The number of allylic oxidation sites excluding steroid dienone is 2. The topological polar surface area (TPSA) is 116 Å². The van der Waals surface area contributed by atoms with E-state index in [9.17, 15) is 14.5 Å². The summed E-state index contributed by atoms with van der Waals surface area (Å²) in [5, 5.41) is 12.1. The lowest BCUT2D eigenvalue weighted by molar-refractivity contribution is -0.121. The average Bonchev–Trinajstić information content (AvgIpc) is 2.77. The van der Waals surface area contributed by atoms with Crippen LogP contribution in [0.25, 0.3) is 0 Å². The van der Waals surface area contributed by atoms with Crippen LogP contribution in [0.4, 0.5) is 0 Å². The molecule has 0 rings (SSSR count). The van der Waals surface area contributed by atoms with Crippen LogP contribution in [0.15, 0.2) is 12.2 Å². The molecule has 0 spiro atoms. The van der Waals surface area contributed by atoms with E-state index in [0.29, 0.717) is 6.42 Å². The molecule has 0 aliphatic rings. The first-order valence-electron chi connectivity index (χ1n) is 13.1. The van der Waals surface area contributed by atoms with E-state index in [1.807, 2.05) is 0 Å². The van der Waals surface area contributed by atoms with E-state index in [2.05, 4.69) is 28.9 Å². The van der Waals surface area contributed by atoms with Crippen LogP contribution >= 0.6 is 7.82 Å². The molecule has 1 atom stereocenters. The zero-order chi connectivity index (χ0) is 24.6. The Kier molecular flexibility index (Phi) is 22.5. The maximum atomic E-state index is 11.7. The van der Waals surface area contributed by atoms with Gasteiger partial charge in [-0.05, 0) is 32.1 Å². The number of carbonyl (C=O) groups is 1. The van der Waals surface area contributed by atoms with Crippen LogP contribution in [0.3, 0.4) is 0 Å². The molecule has 0 aliphatic carbocycles. The number of phosphoric ester groups is 1. The van der Waals surface area contributed by atoms with Gasteiger partial charge >= 0.3 is 7.82 Å². The van der Waals surface area contributed by atoms with Crippen LogP contribution in [-0.2, 0) is 13.9 Å². The Hall–Kier alpha value is -0.720. The quantitative estimate of drug-likeness (QED) is 0.0729. The van der Waals surface area contributed by atoms with Crippen molar-refractivity contribution in [3.05, 3.63) is 12.2 Å². The lowest BCUT2D eigenvalue weighted by Gasteiger charge is -2.12. The van der Waals surface area contributed by atoms with Crippen molar-refractivity contribution >= 4 is 13.7 Å². The van der Waals surface area contributed by atoms with Gasteiger partial charge in [0, 0.05) is 13.0 Å². The number of hydrogen-bond acceptors (Lipinski definition) is 4. The fourth-order valence-corrected chi connectivity index (χ4v) is 3.99. The maximum Gasteiger partial charge on any atom is 0.469 e. The number of nitrogens with one attached hydrogen (secondary N) is 1. The van der Waals surface area contributed by atoms with E-state index >= 15 is 0 Å². The Balaban J connectivity index is 3.31. The molecule has 1 unspecified atom stereocenters. The first kappa shape index (κ1) is 32.3. The SMILES string of the molecule is CCCCCCCCC=CCCCCCCCCCCCC(=O)NCC(O)COP(=O)(O)O. The molecular weight excluding hydrogens is 441 g/mol. The van der Waals surface area contributed by atoms with E-state index in [4.69, 9.17) is 9.79 Å². The second-order valence-corrected chi connectivity index (χ2v) is 10.2. The van der Waals surface area contributed by atoms with E-state index < -0.39 is 20.5 Å². The number of aliphatic hydroxyl groups is 1. The molecule has 7 nitrogen and oxygen atoms in total. The number of rotatable bonds is 24. The fraction of sp³-hybridized carbons (Fsp3) is 0.880. The minimum Gasteiger partial charge on any atom is -0.389 e. The summed E-state index contributed by atoms with van der Waals surface area (Å²) in [6.07, 6.45) is 25.3. The van der Waals surface area contributed by atoms with Gasteiger partial charge < -0.3 is 20.2 Å². The van der Waals surface area contributed by atoms with Crippen LogP contribution in [0.5, 0.6) is 0 Å². The Morgan fingerprint density at radius 1 is 0.818 bits per heavy atom. The second kappa shape index (κ2) is 23.0. The Bertz CT molecular complexity index is 523. The molecule has 0 aromatic carbocycles. The van der Waals surface area contributed by atoms with Gasteiger partial charge in [0.15, 0.2) is 0 Å². The molecule has 0 saturated carbocycles. The molecule has 0 saturated heterocycles. The minimum absolute atomic E-state index is 0.0756. The average molecular weight is 492 g/mol. The summed E-state index contributed by atoms with van der Waals surface area (Å²) < 4.78 is 14.7. The predicted molar refractivity (Wildman–Crippen MR) is 135 cm³/mol. The van der Waals surface area contributed by atoms with Gasteiger partial charge in [-0.1, -0.05) is 96.1 Å². The molecule has 4 N–H and O–H groups in total. The highest BCUT2D eigenvalue weighted by atomic mass is 31.2. The minimum atomic E-state index is -4.59. The van der Waals surface area contributed by atoms with Crippen molar-refractivity contribution in [2.24, 2.45) is 0 Å². The first-order chi connectivity index (χ1) is 15.8. The van der Waals surface area contributed by atoms with Crippen molar-refractivity contribution < 1.29 is 28.8 Å². The number of carbonyl (C=O) groups excluding carboxylic acids is 1. The third-order valence-electron chi connectivity index (χ3n) is 5.64. The standard InChI is InChI=1S/C25H50NO6P/c1-2-3-4-5-6-7-8-9-10-11-12-13-14-15-16-17-18-19-20-21-25(28)26-22-24(27)23-32-33(29,30)31/h9-10,24,27H,2-8,11-23H2,1H3,(H,26,28)(H2,29,30,31). The van der Waals surface area contributed by atoms with Gasteiger partial charge in [-0.15, -0.1) is 0 Å². The summed E-state index contributed by atoms with van der Waals surface area (Å²) in [7, 11) is -4.59. The summed E-state index contributed by atoms with van der Waals surface area (Å²) in [6, 6.07) is 0. The zero-order valence-electron chi connectivity index (χ0n) is 20.9. The smallest absolute Gasteiger partial charge is 0.389 e. The molecule has 0 radical (unpaired) electrons. The van der Waals surface area contributed by atoms with Crippen molar-refractivity contribution in [1.82, 2.24) is 5.32 Å². The Morgan fingerprint density at radius 3 is 1.76 bits per heavy atom. The van der Waals surface area contributed by atoms with E-state index in [-0.39, 0.29) is 12.5 Å². The van der Waals surface area contributed by atoms with Gasteiger partial charge in [-0.2, -0.15) is 0 Å². The van der Waals surface area contributed by atoms with Gasteiger partial charge in [-0.3, -0.25) is 9.32 Å². The Morgan fingerprint density at radius 2 is 1.27 bits per heavy atom. The summed E-state index contributed by atoms with van der Waals surface area (Å²) in [6.45, 7) is 1.67. The normalized spacial score (nSPS) is 13.0. The van der Waals surface area contributed by atoms with Gasteiger partial charge in [0.25, 0.3) is 0 Å². The largest absolute Gasteiger partial charge is 0.469 e. The highest BCUT2D eigenvalue weighted by Crippen LogP contribution is 2.35. The summed E-state index contributed by atoms with van der Waals surface area (Å²) >= 11 is 0. The van der Waals surface area contributed by atoms with E-state index in [1.54, 1.807) is 0 Å². The molecule has 196 valence electrons. The van der Waals surface area contributed by atoms with Crippen LogP contribution in [0.2, 0.25) is 0 Å². The molecule has 0 aromatic heterocycles. The highest BCUT2D eigenvalue weighted by Gasteiger charge is 2.17. The molecule has 0 bridgehead atoms. The number of amides is 1. The molecule has 0 aliphatic heterocycles. The van der Waals surface area contributed by atoms with Crippen LogP contribution in [0, 0.1) is 0 Å². The molecule has 8 heteroatoms. The maximum absolute atomic E-state index is 11.7. The number of phosphoric acid groups is 1. The molecule has 1 amide bonds. The van der Waals surface area contributed by atoms with Gasteiger partial charge in [0.2, 0.25) is 5.91 Å². The van der Waals surface area contributed by atoms with E-state index in [0.717, 1.165) is 19.3 Å². The number of aliphatic hydroxyl groups excluding tert-OH is 1. The van der Waals surface area contributed by atoms with Crippen LogP contribution < -0.4 is 5.32 Å². The van der Waals surface area contributed by atoms with Gasteiger partial charge in [-0.25, -0.2) is 4.57 Å².